The molecule has 0 spiro atoms. The highest BCUT2D eigenvalue weighted by atomic mass is 16.2. The largest absolute Gasteiger partial charge is 0.338 e. The van der Waals surface area contributed by atoms with Gasteiger partial charge in [-0.2, -0.15) is 0 Å². The Morgan fingerprint density at radius 1 is 0.517 bits per heavy atom. The average molecular weight is 411 g/mol. The van der Waals surface area contributed by atoms with Crippen LogP contribution in [0.4, 0.5) is 0 Å². The Morgan fingerprint density at radius 3 is 1.03 bits per heavy atom. The molecule has 0 bridgehead atoms. The predicted octanol–water partition coefficient (Wildman–Crippen LogP) is 6.73. The Labute approximate surface area is 181 Å². The Bertz CT molecular complexity index is 342. The number of carbonyl (C=O) groups is 2. The first-order valence-electron chi connectivity index (χ1n) is 12.7. The zero-order valence-electron chi connectivity index (χ0n) is 20.0. The molecule has 0 saturated carbocycles. The number of hydrogen-bond acceptors (Lipinski definition) is 2. The first-order valence-corrected chi connectivity index (χ1v) is 12.7. The van der Waals surface area contributed by atoms with Crippen molar-refractivity contribution in [2.45, 2.75) is 130 Å². The molecule has 4 heteroatoms. The van der Waals surface area contributed by atoms with Gasteiger partial charge in [0.2, 0.25) is 11.8 Å². The first kappa shape index (κ1) is 27.9. The molecule has 0 saturated heterocycles. The summed E-state index contributed by atoms with van der Waals surface area (Å²) in [5.74, 6) is 0.418. The molecule has 0 unspecified atom stereocenters. The van der Waals surface area contributed by atoms with Gasteiger partial charge >= 0.3 is 0 Å². The summed E-state index contributed by atoms with van der Waals surface area (Å²) < 4.78 is 0. The van der Waals surface area contributed by atoms with Crippen LogP contribution in [0.25, 0.3) is 0 Å². The number of hydrogen-bond donors (Lipinski definition) is 2. The van der Waals surface area contributed by atoms with E-state index in [1.165, 1.54) is 51.4 Å². The molecule has 0 atom stereocenters. The molecule has 0 rings (SSSR count). The maximum absolute atomic E-state index is 12.6. The van der Waals surface area contributed by atoms with Crippen LogP contribution in [0.15, 0.2) is 0 Å². The van der Waals surface area contributed by atoms with Gasteiger partial charge in [-0.1, -0.05) is 105 Å². The minimum atomic E-state index is 0.0925. The van der Waals surface area contributed by atoms with Gasteiger partial charge in [0, 0.05) is 11.8 Å². The summed E-state index contributed by atoms with van der Waals surface area (Å²) in [4.78, 5) is 25.3. The molecule has 172 valence electrons. The van der Waals surface area contributed by atoms with Crippen LogP contribution in [-0.2, 0) is 9.59 Å². The Kier molecular flexibility index (Phi) is 19.5. The normalized spacial score (nSPS) is 11.2. The molecule has 0 aromatic heterocycles. The monoisotopic (exact) mass is 410 g/mol. The lowest BCUT2D eigenvalue weighted by atomic mass is 9.94. The van der Waals surface area contributed by atoms with Crippen LogP contribution in [0.3, 0.4) is 0 Å². The molecule has 4 nitrogen and oxygen atoms in total. The molecule has 0 aliphatic carbocycles. The van der Waals surface area contributed by atoms with Gasteiger partial charge in [-0.25, -0.2) is 0 Å². The molecule has 0 radical (unpaired) electrons. The molecule has 2 amide bonds. The fourth-order valence-electron chi connectivity index (χ4n) is 3.88. The molecule has 0 aromatic rings. The molecule has 29 heavy (non-hydrogen) atoms. The highest BCUT2D eigenvalue weighted by molar-refractivity contribution is 5.81. The predicted molar refractivity (Wildman–Crippen MR) is 125 cm³/mol. The van der Waals surface area contributed by atoms with E-state index >= 15 is 0 Å². The third-order valence-corrected chi connectivity index (χ3v) is 5.89. The molecule has 0 fully saturated rings. The summed E-state index contributed by atoms with van der Waals surface area (Å²) in [5, 5.41) is 5.97. The highest BCUT2D eigenvalue weighted by Gasteiger charge is 2.20. The van der Waals surface area contributed by atoms with Crippen molar-refractivity contribution < 1.29 is 9.59 Å². The maximum atomic E-state index is 12.6. The van der Waals surface area contributed by atoms with Crippen molar-refractivity contribution in [2.24, 2.45) is 11.8 Å². The lowest BCUT2D eigenvalue weighted by Gasteiger charge is -2.19. The van der Waals surface area contributed by atoms with Crippen LogP contribution in [0.2, 0.25) is 0 Å². The third kappa shape index (κ3) is 15.4. The fraction of sp³-hybridized carbons (Fsp3) is 0.920. The number of amides is 2. The van der Waals surface area contributed by atoms with Crippen LogP contribution in [0, 0.1) is 11.8 Å². The van der Waals surface area contributed by atoms with Crippen LogP contribution in [0.1, 0.15) is 130 Å². The molecule has 2 N–H and O–H groups in total. The van der Waals surface area contributed by atoms with E-state index < -0.39 is 0 Å². The van der Waals surface area contributed by atoms with Crippen molar-refractivity contribution in [1.82, 2.24) is 10.6 Å². The fourth-order valence-corrected chi connectivity index (χ4v) is 3.88. The SMILES string of the molecule is CCCCCC(CCCCC)C(=O)NCNC(=O)C(CCCCC)CCCCC. The molecule has 0 heterocycles. The number of carbonyl (C=O) groups excluding carboxylic acids is 2. The van der Waals surface area contributed by atoms with E-state index in [2.05, 4.69) is 38.3 Å². The van der Waals surface area contributed by atoms with Crippen molar-refractivity contribution >= 4 is 11.8 Å². The van der Waals surface area contributed by atoms with E-state index in [0.29, 0.717) is 0 Å². The van der Waals surface area contributed by atoms with Crippen molar-refractivity contribution in [3.8, 4) is 0 Å². The van der Waals surface area contributed by atoms with Gasteiger partial charge in [-0.05, 0) is 25.7 Å². The van der Waals surface area contributed by atoms with E-state index in [0.717, 1.165) is 51.4 Å². The topological polar surface area (TPSA) is 58.2 Å². The van der Waals surface area contributed by atoms with E-state index in [1.807, 2.05) is 0 Å². The van der Waals surface area contributed by atoms with E-state index in [1.54, 1.807) is 0 Å². The zero-order valence-corrected chi connectivity index (χ0v) is 20.0. The molecule has 0 aliphatic heterocycles. The van der Waals surface area contributed by atoms with Gasteiger partial charge in [0.1, 0.15) is 0 Å². The van der Waals surface area contributed by atoms with E-state index in [9.17, 15) is 9.59 Å². The second-order valence-electron chi connectivity index (χ2n) is 8.64. The summed E-state index contributed by atoms with van der Waals surface area (Å²) in [6.07, 6.45) is 17.8. The van der Waals surface area contributed by atoms with Gasteiger partial charge in [-0.3, -0.25) is 9.59 Å². The van der Waals surface area contributed by atoms with Gasteiger partial charge in [0.25, 0.3) is 0 Å². The van der Waals surface area contributed by atoms with Gasteiger partial charge in [0.15, 0.2) is 0 Å². The lowest BCUT2D eigenvalue weighted by molar-refractivity contribution is -0.127. The minimum Gasteiger partial charge on any atom is -0.338 e. The van der Waals surface area contributed by atoms with Crippen molar-refractivity contribution in [3.63, 3.8) is 0 Å². The molecular formula is C25H50N2O2. The van der Waals surface area contributed by atoms with Crippen molar-refractivity contribution in [2.75, 3.05) is 6.67 Å². The van der Waals surface area contributed by atoms with E-state index in [4.69, 9.17) is 0 Å². The molecule has 0 aromatic carbocycles. The van der Waals surface area contributed by atoms with Crippen LogP contribution in [-0.4, -0.2) is 18.5 Å². The van der Waals surface area contributed by atoms with Crippen molar-refractivity contribution in [1.29, 1.82) is 0 Å². The average Bonchev–Trinajstić information content (AvgIpc) is 2.71. The smallest absolute Gasteiger partial charge is 0.224 e. The third-order valence-electron chi connectivity index (χ3n) is 5.89. The minimum absolute atomic E-state index is 0.0925. The molecule has 0 aliphatic rings. The highest BCUT2D eigenvalue weighted by Crippen LogP contribution is 2.19. The summed E-state index contributed by atoms with van der Waals surface area (Å²) in [6, 6.07) is 0. The lowest BCUT2D eigenvalue weighted by Crippen LogP contribution is -2.42. The van der Waals surface area contributed by atoms with Crippen LogP contribution < -0.4 is 10.6 Å². The number of rotatable bonds is 20. The summed E-state index contributed by atoms with van der Waals surface area (Å²) >= 11 is 0. The summed E-state index contributed by atoms with van der Waals surface area (Å²) in [5.41, 5.74) is 0. The number of nitrogens with one attached hydrogen (secondary N) is 2. The van der Waals surface area contributed by atoms with Gasteiger partial charge < -0.3 is 10.6 Å². The standard InChI is InChI=1S/C25H50N2O2/c1-5-9-13-17-22(18-14-10-6-2)24(28)26-21-27-25(29)23(19-15-11-7-3)20-16-12-8-4/h22-23H,5-21H2,1-4H3,(H,26,28)(H,27,29). The number of unbranched alkanes of at least 4 members (excludes halogenated alkanes) is 8. The van der Waals surface area contributed by atoms with Gasteiger partial charge in [0.05, 0.1) is 6.67 Å². The zero-order chi connectivity index (χ0) is 21.7. The van der Waals surface area contributed by atoms with Gasteiger partial charge in [-0.15, -0.1) is 0 Å². The summed E-state index contributed by atoms with van der Waals surface area (Å²) in [6.45, 7) is 9.05. The van der Waals surface area contributed by atoms with Crippen LogP contribution in [0.5, 0.6) is 0 Å². The first-order chi connectivity index (χ1) is 14.1. The maximum Gasteiger partial charge on any atom is 0.224 e. The van der Waals surface area contributed by atoms with Crippen molar-refractivity contribution in [3.05, 3.63) is 0 Å². The summed E-state index contributed by atoms with van der Waals surface area (Å²) in [7, 11) is 0. The Morgan fingerprint density at radius 2 is 0.793 bits per heavy atom. The molecular weight excluding hydrogens is 360 g/mol. The second-order valence-corrected chi connectivity index (χ2v) is 8.64. The van der Waals surface area contributed by atoms with E-state index in [-0.39, 0.29) is 30.3 Å². The second kappa shape index (κ2) is 20.2. The quantitative estimate of drug-likeness (QED) is 0.173. The van der Waals surface area contributed by atoms with Crippen LogP contribution >= 0.6 is 0 Å². The Balaban J connectivity index is 4.43. The Hall–Kier alpha value is -1.06.